The molecule has 4 nitrogen and oxygen atoms in total. The summed E-state index contributed by atoms with van der Waals surface area (Å²) in [6.07, 6.45) is 0. The first kappa shape index (κ1) is 14.9. The molecular weight excluding hydrogens is 296 g/mol. The van der Waals surface area contributed by atoms with Crippen molar-refractivity contribution < 1.29 is 18.3 Å². The maximum atomic E-state index is 12.5. The van der Waals surface area contributed by atoms with Gasteiger partial charge in [0.2, 0.25) is 9.84 Å². The van der Waals surface area contributed by atoms with E-state index in [9.17, 15) is 8.42 Å². The molecule has 0 aliphatic rings. The molecule has 20 heavy (non-hydrogen) atoms. The number of ether oxygens (including phenoxy) is 1. The second-order valence-electron chi connectivity index (χ2n) is 4.02. The lowest BCUT2D eigenvalue weighted by atomic mass is 10.3. The van der Waals surface area contributed by atoms with Gasteiger partial charge in [0.1, 0.15) is 12.4 Å². The molecule has 0 saturated carbocycles. The van der Waals surface area contributed by atoms with Crippen molar-refractivity contribution in [3.8, 4) is 5.75 Å². The summed E-state index contributed by atoms with van der Waals surface area (Å²) in [6.45, 7) is -0.0276. The molecule has 0 heterocycles. The molecule has 0 saturated heterocycles. The quantitative estimate of drug-likeness (QED) is 0.831. The van der Waals surface area contributed by atoms with Crippen LogP contribution in [0.2, 0.25) is 0 Å². The molecule has 0 spiro atoms. The Kier molecular flexibility index (Phi) is 4.69. The standard InChI is InChI=1S/C14H14O4S2/c15-8-9-18-11-6-7-13(19)14(10-11)20(16,17)12-4-2-1-3-5-12/h1-7,10,15,19H,8-9H2. The van der Waals surface area contributed by atoms with Crippen LogP contribution in [0, 0.1) is 0 Å². The molecular formula is C14H14O4S2. The minimum absolute atomic E-state index is 0.0856. The van der Waals surface area contributed by atoms with E-state index in [0.29, 0.717) is 10.6 Å². The molecule has 0 aromatic heterocycles. The van der Waals surface area contributed by atoms with Gasteiger partial charge in [-0.05, 0) is 24.3 Å². The van der Waals surface area contributed by atoms with Gasteiger partial charge in [-0.2, -0.15) is 0 Å². The number of thiol groups is 1. The van der Waals surface area contributed by atoms with Gasteiger partial charge in [0.25, 0.3) is 0 Å². The minimum Gasteiger partial charge on any atom is -0.491 e. The third-order valence-electron chi connectivity index (χ3n) is 2.63. The van der Waals surface area contributed by atoms with Crippen LogP contribution >= 0.6 is 12.6 Å². The molecule has 1 N–H and O–H groups in total. The van der Waals surface area contributed by atoms with Crippen molar-refractivity contribution in [2.45, 2.75) is 14.7 Å². The van der Waals surface area contributed by atoms with Gasteiger partial charge >= 0.3 is 0 Å². The van der Waals surface area contributed by atoms with Crippen LogP contribution in [0.5, 0.6) is 5.75 Å². The Hall–Kier alpha value is -1.50. The van der Waals surface area contributed by atoms with Crippen LogP contribution in [0.15, 0.2) is 63.2 Å². The summed E-state index contributed by atoms with van der Waals surface area (Å²) in [6, 6.07) is 12.7. The first-order valence-electron chi connectivity index (χ1n) is 5.92. The average Bonchev–Trinajstić information content (AvgIpc) is 2.47. The van der Waals surface area contributed by atoms with Crippen molar-refractivity contribution in [1.29, 1.82) is 0 Å². The van der Waals surface area contributed by atoms with E-state index in [2.05, 4.69) is 12.6 Å². The van der Waals surface area contributed by atoms with Crippen molar-refractivity contribution in [2.75, 3.05) is 13.2 Å². The van der Waals surface area contributed by atoms with Gasteiger partial charge < -0.3 is 9.84 Å². The highest BCUT2D eigenvalue weighted by Gasteiger charge is 2.20. The van der Waals surface area contributed by atoms with E-state index in [1.165, 1.54) is 18.2 Å². The summed E-state index contributed by atoms with van der Waals surface area (Å²) in [5.74, 6) is 0.381. The first-order chi connectivity index (χ1) is 9.55. The number of aliphatic hydroxyl groups excluding tert-OH is 1. The van der Waals surface area contributed by atoms with Crippen molar-refractivity contribution in [3.63, 3.8) is 0 Å². The van der Waals surface area contributed by atoms with E-state index in [-0.39, 0.29) is 23.0 Å². The molecule has 2 aromatic rings. The van der Waals surface area contributed by atoms with Crippen LogP contribution in [0.25, 0.3) is 0 Å². The topological polar surface area (TPSA) is 63.6 Å². The highest BCUT2D eigenvalue weighted by molar-refractivity contribution is 7.92. The maximum absolute atomic E-state index is 12.5. The fourth-order valence-corrected chi connectivity index (χ4v) is 3.57. The van der Waals surface area contributed by atoms with Gasteiger partial charge in [0.05, 0.1) is 16.4 Å². The van der Waals surface area contributed by atoms with Crippen LogP contribution in [0.4, 0.5) is 0 Å². The molecule has 0 fully saturated rings. The Morgan fingerprint density at radius 3 is 2.45 bits per heavy atom. The molecule has 0 unspecified atom stereocenters. The summed E-state index contributed by atoms with van der Waals surface area (Å²) < 4.78 is 30.3. The number of sulfone groups is 1. The van der Waals surface area contributed by atoms with Crippen molar-refractivity contribution in [3.05, 3.63) is 48.5 Å². The van der Waals surface area contributed by atoms with E-state index in [0.717, 1.165) is 0 Å². The Morgan fingerprint density at radius 1 is 1.10 bits per heavy atom. The number of hydrogen-bond acceptors (Lipinski definition) is 5. The number of rotatable bonds is 5. The largest absolute Gasteiger partial charge is 0.491 e. The van der Waals surface area contributed by atoms with E-state index < -0.39 is 9.84 Å². The lowest BCUT2D eigenvalue weighted by molar-refractivity contribution is 0.201. The van der Waals surface area contributed by atoms with Crippen molar-refractivity contribution in [1.82, 2.24) is 0 Å². The molecule has 0 radical (unpaired) electrons. The Labute approximate surface area is 123 Å². The van der Waals surface area contributed by atoms with Crippen molar-refractivity contribution >= 4 is 22.5 Å². The van der Waals surface area contributed by atoms with Gasteiger partial charge in [0.15, 0.2) is 0 Å². The summed E-state index contributed by atoms with van der Waals surface area (Å²) in [5.41, 5.74) is 0. The molecule has 0 atom stereocenters. The molecule has 2 aromatic carbocycles. The fraction of sp³-hybridized carbons (Fsp3) is 0.143. The normalized spacial score (nSPS) is 11.3. The van der Waals surface area contributed by atoms with Gasteiger partial charge in [0, 0.05) is 11.0 Å². The minimum atomic E-state index is -3.64. The van der Waals surface area contributed by atoms with Crippen LogP contribution < -0.4 is 4.74 Å². The van der Waals surface area contributed by atoms with Crippen LogP contribution in [-0.4, -0.2) is 26.7 Å². The highest BCUT2D eigenvalue weighted by atomic mass is 32.2. The molecule has 0 aliphatic carbocycles. The van der Waals surface area contributed by atoms with E-state index in [1.54, 1.807) is 30.3 Å². The van der Waals surface area contributed by atoms with Crippen LogP contribution in [-0.2, 0) is 9.84 Å². The third kappa shape index (κ3) is 3.15. The smallest absolute Gasteiger partial charge is 0.207 e. The number of aliphatic hydroxyl groups is 1. The van der Waals surface area contributed by atoms with Gasteiger partial charge in [-0.25, -0.2) is 8.42 Å². The van der Waals surface area contributed by atoms with E-state index >= 15 is 0 Å². The lowest BCUT2D eigenvalue weighted by Gasteiger charge is -2.10. The zero-order chi connectivity index (χ0) is 14.6. The lowest BCUT2D eigenvalue weighted by Crippen LogP contribution is -2.05. The second-order valence-corrected chi connectivity index (χ2v) is 6.42. The van der Waals surface area contributed by atoms with Gasteiger partial charge in [-0.3, -0.25) is 0 Å². The van der Waals surface area contributed by atoms with E-state index in [4.69, 9.17) is 9.84 Å². The third-order valence-corrected chi connectivity index (χ3v) is 4.99. The predicted molar refractivity (Wildman–Crippen MR) is 78.2 cm³/mol. The molecule has 6 heteroatoms. The zero-order valence-electron chi connectivity index (χ0n) is 10.6. The molecule has 2 rings (SSSR count). The monoisotopic (exact) mass is 310 g/mol. The van der Waals surface area contributed by atoms with Crippen LogP contribution in [0.3, 0.4) is 0 Å². The summed E-state index contributed by atoms with van der Waals surface area (Å²) in [7, 11) is -3.64. The van der Waals surface area contributed by atoms with Gasteiger partial charge in [-0.1, -0.05) is 18.2 Å². The average molecular weight is 310 g/mol. The summed E-state index contributed by atoms with van der Waals surface area (Å²) >= 11 is 4.20. The number of hydrogen-bond donors (Lipinski definition) is 2. The van der Waals surface area contributed by atoms with Gasteiger partial charge in [-0.15, -0.1) is 12.6 Å². The SMILES string of the molecule is O=S(=O)(c1ccccc1)c1cc(OCCO)ccc1S. The fourth-order valence-electron chi connectivity index (χ4n) is 1.69. The molecule has 0 bridgehead atoms. The van der Waals surface area contributed by atoms with E-state index in [1.807, 2.05) is 0 Å². The maximum Gasteiger partial charge on any atom is 0.207 e. The van der Waals surface area contributed by atoms with Crippen molar-refractivity contribution in [2.24, 2.45) is 0 Å². The first-order valence-corrected chi connectivity index (χ1v) is 7.85. The summed E-state index contributed by atoms with van der Waals surface area (Å²) in [5, 5.41) is 8.73. The molecule has 106 valence electrons. The molecule has 0 aliphatic heterocycles. The molecule has 0 amide bonds. The Bertz CT molecular complexity index is 682. The zero-order valence-corrected chi connectivity index (χ0v) is 12.3. The Morgan fingerprint density at radius 2 is 1.80 bits per heavy atom. The second kappa shape index (κ2) is 6.30. The van der Waals surface area contributed by atoms with Crippen LogP contribution in [0.1, 0.15) is 0 Å². The Balaban J connectivity index is 2.46. The highest BCUT2D eigenvalue weighted by Crippen LogP contribution is 2.29. The number of benzene rings is 2. The predicted octanol–water partition coefficient (Wildman–Crippen LogP) is 2.18. The summed E-state index contributed by atoms with van der Waals surface area (Å²) in [4.78, 5) is 0.641.